The number of hydrogen-bond acceptors (Lipinski definition) is 2. The quantitative estimate of drug-likeness (QED) is 0.864. The fourth-order valence-electron chi connectivity index (χ4n) is 3.82. The first kappa shape index (κ1) is 15.3. The van der Waals surface area contributed by atoms with Crippen molar-refractivity contribution in [3.63, 3.8) is 0 Å². The number of carbonyl (C=O) groups is 1. The van der Waals surface area contributed by atoms with Crippen LogP contribution in [0, 0.1) is 5.82 Å². The van der Waals surface area contributed by atoms with Crippen molar-refractivity contribution in [3.8, 4) is 0 Å². The molecule has 124 valence electrons. The monoisotopic (exact) mass is 324 g/mol. The van der Waals surface area contributed by atoms with E-state index in [-0.39, 0.29) is 17.8 Å². The van der Waals surface area contributed by atoms with Crippen molar-refractivity contribution in [2.75, 3.05) is 6.54 Å². The van der Waals surface area contributed by atoms with Crippen LogP contribution in [0.25, 0.3) is 0 Å². The van der Waals surface area contributed by atoms with Gasteiger partial charge < -0.3 is 4.90 Å². The van der Waals surface area contributed by atoms with E-state index in [0.717, 1.165) is 38.0 Å². The Morgan fingerprint density at radius 1 is 1.04 bits per heavy atom. The van der Waals surface area contributed by atoms with Gasteiger partial charge in [0.25, 0.3) is 0 Å². The van der Waals surface area contributed by atoms with Gasteiger partial charge in [0, 0.05) is 19.6 Å². The third-order valence-electron chi connectivity index (χ3n) is 5.10. The van der Waals surface area contributed by atoms with Gasteiger partial charge >= 0.3 is 0 Å². The Morgan fingerprint density at radius 2 is 1.71 bits per heavy atom. The molecule has 0 N–H and O–H groups in total. The van der Waals surface area contributed by atoms with Crippen LogP contribution in [0.5, 0.6) is 0 Å². The molecule has 3 nitrogen and oxygen atoms in total. The van der Waals surface area contributed by atoms with E-state index in [9.17, 15) is 9.18 Å². The molecule has 1 amide bonds. The van der Waals surface area contributed by atoms with Crippen LogP contribution in [0.15, 0.2) is 48.5 Å². The lowest BCUT2D eigenvalue weighted by Gasteiger charge is -2.27. The van der Waals surface area contributed by atoms with E-state index in [0.29, 0.717) is 6.54 Å². The Balaban J connectivity index is 1.45. The van der Waals surface area contributed by atoms with Gasteiger partial charge in [-0.1, -0.05) is 36.4 Å². The second-order valence-corrected chi connectivity index (χ2v) is 6.72. The normalized spacial score (nSPS) is 20.4. The van der Waals surface area contributed by atoms with Gasteiger partial charge in [0.2, 0.25) is 5.91 Å². The van der Waals surface area contributed by atoms with Crippen molar-refractivity contribution in [3.05, 3.63) is 71.0 Å². The Labute approximate surface area is 141 Å². The van der Waals surface area contributed by atoms with Crippen molar-refractivity contribution >= 4 is 5.91 Å². The Kier molecular flexibility index (Phi) is 4.07. The average molecular weight is 324 g/mol. The molecule has 24 heavy (non-hydrogen) atoms. The summed E-state index contributed by atoms with van der Waals surface area (Å²) in [5.41, 5.74) is 3.57. The topological polar surface area (TPSA) is 23.6 Å². The fraction of sp³-hybridized carbons (Fsp3) is 0.350. The summed E-state index contributed by atoms with van der Waals surface area (Å²) in [6, 6.07) is 14.8. The summed E-state index contributed by atoms with van der Waals surface area (Å²) in [5.74, 6) is 0.00782. The highest BCUT2D eigenvalue weighted by molar-refractivity contribution is 5.82. The van der Waals surface area contributed by atoms with E-state index >= 15 is 0 Å². The van der Waals surface area contributed by atoms with Crippen LogP contribution in [0.1, 0.15) is 29.5 Å². The van der Waals surface area contributed by atoms with Gasteiger partial charge in [-0.25, -0.2) is 4.39 Å². The minimum atomic E-state index is -0.220. The van der Waals surface area contributed by atoms with E-state index in [1.54, 1.807) is 12.1 Å². The molecule has 4 rings (SSSR count). The summed E-state index contributed by atoms with van der Waals surface area (Å²) in [6.07, 6.45) is 1.95. The van der Waals surface area contributed by atoms with Crippen molar-refractivity contribution in [1.82, 2.24) is 9.80 Å². The van der Waals surface area contributed by atoms with Crippen molar-refractivity contribution in [1.29, 1.82) is 0 Å². The molecule has 1 unspecified atom stereocenters. The standard InChI is InChI=1S/C20H21FN2O/c21-18-9-7-15(8-10-18)12-22-11-3-6-19(22)20(24)23-13-16-4-1-2-5-17(16)14-23/h1-2,4-5,7-10,19H,3,6,11-14H2. The van der Waals surface area contributed by atoms with Crippen LogP contribution in [-0.4, -0.2) is 28.3 Å². The van der Waals surface area contributed by atoms with Crippen LogP contribution in [0.3, 0.4) is 0 Å². The molecule has 0 aliphatic carbocycles. The summed E-state index contributed by atoms with van der Waals surface area (Å²) in [6.45, 7) is 3.07. The van der Waals surface area contributed by atoms with E-state index in [4.69, 9.17) is 0 Å². The molecule has 2 aliphatic rings. The zero-order valence-corrected chi connectivity index (χ0v) is 13.6. The minimum Gasteiger partial charge on any atom is -0.333 e. The summed E-state index contributed by atoms with van der Waals surface area (Å²) in [7, 11) is 0. The van der Waals surface area contributed by atoms with Crippen LogP contribution < -0.4 is 0 Å². The predicted molar refractivity (Wildman–Crippen MR) is 90.5 cm³/mol. The van der Waals surface area contributed by atoms with Crippen LogP contribution in [0.2, 0.25) is 0 Å². The van der Waals surface area contributed by atoms with Crippen molar-refractivity contribution < 1.29 is 9.18 Å². The van der Waals surface area contributed by atoms with Gasteiger partial charge in [-0.3, -0.25) is 9.69 Å². The number of rotatable bonds is 3. The molecule has 1 saturated heterocycles. The molecule has 0 saturated carbocycles. The van der Waals surface area contributed by atoms with E-state index in [2.05, 4.69) is 17.0 Å². The SMILES string of the molecule is O=C(C1CCCN1Cc1ccc(F)cc1)N1Cc2ccccc2C1. The first-order chi connectivity index (χ1) is 11.7. The molecule has 0 bridgehead atoms. The second-order valence-electron chi connectivity index (χ2n) is 6.72. The van der Waals surface area contributed by atoms with Gasteiger partial charge in [-0.05, 0) is 48.2 Å². The molecule has 2 heterocycles. The maximum absolute atomic E-state index is 13.1. The molecule has 4 heteroatoms. The summed E-state index contributed by atoms with van der Waals surface area (Å²) in [5, 5.41) is 0. The molecular formula is C20H21FN2O. The molecule has 1 atom stereocenters. The maximum atomic E-state index is 13.1. The highest BCUT2D eigenvalue weighted by Crippen LogP contribution is 2.27. The van der Waals surface area contributed by atoms with Crippen LogP contribution >= 0.6 is 0 Å². The van der Waals surface area contributed by atoms with Gasteiger partial charge in [0.1, 0.15) is 5.82 Å². The van der Waals surface area contributed by atoms with Crippen molar-refractivity contribution in [2.24, 2.45) is 0 Å². The number of likely N-dealkylation sites (tertiary alicyclic amines) is 1. The molecule has 1 fully saturated rings. The van der Waals surface area contributed by atoms with E-state index in [1.807, 2.05) is 17.0 Å². The number of nitrogens with zero attached hydrogens (tertiary/aromatic N) is 2. The Hall–Kier alpha value is -2.20. The highest BCUT2D eigenvalue weighted by Gasteiger charge is 2.35. The number of carbonyl (C=O) groups excluding carboxylic acids is 1. The summed E-state index contributed by atoms with van der Waals surface area (Å²) >= 11 is 0. The third kappa shape index (κ3) is 2.94. The highest BCUT2D eigenvalue weighted by atomic mass is 19.1. The summed E-state index contributed by atoms with van der Waals surface area (Å²) in [4.78, 5) is 17.2. The summed E-state index contributed by atoms with van der Waals surface area (Å²) < 4.78 is 13.1. The average Bonchev–Trinajstić information content (AvgIpc) is 3.23. The van der Waals surface area contributed by atoms with Crippen molar-refractivity contribution in [2.45, 2.75) is 38.5 Å². The first-order valence-electron chi connectivity index (χ1n) is 8.55. The number of benzene rings is 2. The van der Waals surface area contributed by atoms with Crippen LogP contribution in [-0.2, 0) is 24.4 Å². The molecule has 0 aromatic heterocycles. The number of hydrogen-bond donors (Lipinski definition) is 0. The lowest BCUT2D eigenvalue weighted by atomic mass is 10.1. The molecule has 2 aromatic carbocycles. The molecule has 2 aromatic rings. The fourth-order valence-corrected chi connectivity index (χ4v) is 3.82. The van der Waals surface area contributed by atoms with Gasteiger partial charge in [-0.15, -0.1) is 0 Å². The van der Waals surface area contributed by atoms with Crippen LogP contribution in [0.4, 0.5) is 4.39 Å². The zero-order valence-electron chi connectivity index (χ0n) is 13.6. The van der Waals surface area contributed by atoms with E-state index < -0.39 is 0 Å². The largest absolute Gasteiger partial charge is 0.333 e. The zero-order chi connectivity index (χ0) is 16.5. The molecule has 0 spiro atoms. The maximum Gasteiger partial charge on any atom is 0.240 e. The molecule has 0 radical (unpaired) electrons. The van der Waals surface area contributed by atoms with E-state index in [1.165, 1.54) is 23.3 Å². The van der Waals surface area contributed by atoms with Gasteiger partial charge in [0.15, 0.2) is 0 Å². The Morgan fingerprint density at radius 3 is 2.38 bits per heavy atom. The second kappa shape index (κ2) is 6.36. The number of halogens is 1. The molecule has 2 aliphatic heterocycles. The van der Waals surface area contributed by atoms with Gasteiger partial charge in [-0.2, -0.15) is 0 Å². The number of amides is 1. The predicted octanol–water partition coefficient (Wildman–Crippen LogP) is 3.33. The lowest BCUT2D eigenvalue weighted by Crippen LogP contribution is -2.43. The lowest BCUT2D eigenvalue weighted by molar-refractivity contribution is -0.136. The Bertz CT molecular complexity index is 719. The minimum absolute atomic E-state index is 0.0515. The molecular weight excluding hydrogens is 303 g/mol. The smallest absolute Gasteiger partial charge is 0.240 e. The number of fused-ring (bicyclic) bond motifs is 1. The first-order valence-corrected chi connectivity index (χ1v) is 8.55. The van der Waals surface area contributed by atoms with Gasteiger partial charge in [0.05, 0.1) is 6.04 Å². The third-order valence-corrected chi connectivity index (χ3v) is 5.10.